The third-order valence-electron chi connectivity index (χ3n) is 8.66. The number of hydrogen-bond donors (Lipinski definition) is 2. The molecule has 1 heterocycles. The highest BCUT2D eigenvalue weighted by molar-refractivity contribution is 6.09. The van der Waals surface area contributed by atoms with Crippen molar-refractivity contribution in [3.05, 3.63) is 77.4 Å². The summed E-state index contributed by atoms with van der Waals surface area (Å²) in [5.41, 5.74) is 8.48. The molecule has 0 spiro atoms. The average Bonchev–Trinajstić information content (AvgIpc) is 3.09. The standard InChI is InChI=1S/C38H51N5O6/c1-27-14-17-32(35(25-27)48-24-10-6-7-13-36(44)43-22-20-41(3)21-23-43)42(4)38(46)29-15-16-31(34(26-29)47-5)40-37(45)30-11-8-9-12-33(30)49-28(2)18-19-39/h8-9,11-12,14-17,25-26,28H,6-7,10,13,18-24,39H2,1-5H3,(H,40,45)/t28-/m0/s1. The molecule has 0 radical (unpaired) electrons. The van der Waals surface area contributed by atoms with Gasteiger partial charge in [-0.25, -0.2) is 0 Å². The highest BCUT2D eigenvalue weighted by atomic mass is 16.5. The van der Waals surface area contributed by atoms with E-state index in [4.69, 9.17) is 19.9 Å². The molecule has 3 aromatic carbocycles. The molecule has 264 valence electrons. The number of piperazine rings is 1. The van der Waals surface area contributed by atoms with Crippen molar-refractivity contribution in [2.24, 2.45) is 5.73 Å². The molecule has 11 nitrogen and oxygen atoms in total. The van der Waals surface area contributed by atoms with Crippen LogP contribution in [0.15, 0.2) is 60.7 Å². The number of benzene rings is 3. The summed E-state index contributed by atoms with van der Waals surface area (Å²) in [4.78, 5) is 45.3. The summed E-state index contributed by atoms with van der Waals surface area (Å²) in [5.74, 6) is 1.01. The van der Waals surface area contributed by atoms with E-state index < -0.39 is 0 Å². The van der Waals surface area contributed by atoms with Crippen molar-refractivity contribution < 1.29 is 28.6 Å². The number of nitrogens with one attached hydrogen (secondary N) is 1. The number of aryl methyl sites for hydroxylation is 1. The van der Waals surface area contributed by atoms with Crippen molar-refractivity contribution in [2.45, 2.75) is 52.1 Å². The summed E-state index contributed by atoms with van der Waals surface area (Å²) in [6, 6.07) is 17.7. The number of unbranched alkanes of at least 4 members (excludes halogenated alkanes) is 2. The number of hydrogen-bond acceptors (Lipinski definition) is 8. The van der Waals surface area contributed by atoms with Crippen LogP contribution in [-0.4, -0.2) is 94.2 Å². The number of methoxy groups -OCH3 is 1. The zero-order valence-electron chi connectivity index (χ0n) is 29.5. The largest absolute Gasteiger partial charge is 0.495 e. The van der Waals surface area contributed by atoms with Gasteiger partial charge in [0.2, 0.25) is 5.91 Å². The second-order valence-corrected chi connectivity index (χ2v) is 12.5. The first kappa shape index (κ1) is 37.2. The third-order valence-corrected chi connectivity index (χ3v) is 8.66. The predicted molar refractivity (Wildman–Crippen MR) is 193 cm³/mol. The number of para-hydroxylation sites is 1. The molecule has 1 atom stereocenters. The van der Waals surface area contributed by atoms with Gasteiger partial charge in [-0.3, -0.25) is 14.4 Å². The zero-order chi connectivity index (χ0) is 35.3. The normalized spacial score (nSPS) is 13.8. The fraction of sp³-hybridized carbons (Fsp3) is 0.447. The van der Waals surface area contributed by atoms with Crippen LogP contribution in [0.4, 0.5) is 11.4 Å². The maximum absolute atomic E-state index is 13.7. The SMILES string of the molecule is COc1cc(C(=O)N(C)c2ccc(C)cc2OCCCCCC(=O)N2CCN(C)CC2)ccc1NC(=O)c1ccccc1O[C@@H](C)CCN. The Kier molecular flexibility index (Phi) is 13.8. The monoisotopic (exact) mass is 673 g/mol. The van der Waals surface area contributed by atoms with Gasteiger partial charge in [-0.15, -0.1) is 0 Å². The van der Waals surface area contributed by atoms with Crippen molar-refractivity contribution in [3.8, 4) is 17.2 Å². The van der Waals surface area contributed by atoms with Crippen LogP contribution >= 0.6 is 0 Å². The van der Waals surface area contributed by atoms with Crippen molar-refractivity contribution in [1.29, 1.82) is 0 Å². The average molecular weight is 674 g/mol. The lowest BCUT2D eigenvalue weighted by Gasteiger charge is -2.32. The molecule has 3 aromatic rings. The molecule has 49 heavy (non-hydrogen) atoms. The van der Waals surface area contributed by atoms with Crippen LogP contribution in [0, 0.1) is 6.92 Å². The summed E-state index contributed by atoms with van der Waals surface area (Å²) in [6.07, 6.45) is 3.56. The Labute approximate surface area is 290 Å². The van der Waals surface area contributed by atoms with Crippen LogP contribution in [0.25, 0.3) is 0 Å². The molecule has 1 aliphatic rings. The van der Waals surface area contributed by atoms with E-state index in [0.717, 1.165) is 51.0 Å². The lowest BCUT2D eigenvalue weighted by molar-refractivity contribution is -0.132. The Bertz CT molecular complexity index is 1570. The van der Waals surface area contributed by atoms with Crippen molar-refractivity contribution in [1.82, 2.24) is 9.80 Å². The fourth-order valence-electron chi connectivity index (χ4n) is 5.65. The number of carbonyl (C=O) groups is 3. The lowest BCUT2D eigenvalue weighted by atomic mass is 10.1. The molecular formula is C38H51N5O6. The Morgan fingerprint density at radius 1 is 0.939 bits per heavy atom. The zero-order valence-corrected chi connectivity index (χ0v) is 29.5. The van der Waals surface area contributed by atoms with Crippen molar-refractivity contribution >= 4 is 29.1 Å². The van der Waals surface area contributed by atoms with Gasteiger partial charge in [0.15, 0.2) is 0 Å². The molecule has 0 aliphatic carbocycles. The molecule has 0 unspecified atom stereocenters. The van der Waals surface area contributed by atoms with Gasteiger partial charge in [-0.1, -0.05) is 18.2 Å². The smallest absolute Gasteiger partial charge is 0.259 e. The third kappa shape index (κ3) is 10.4. The number of nitrogens with two attached hydrogens (primary N) is 1. The maximum Gasteiger partial charge on any atom is 0.259 e. The van der Waals surface area contributed by atoms with Gasteiger partial charge >= 0.3 is 0 Å². The number of nitrogens with zero attached hydrogens (tertiary/aromatic N) is 3. The van der Waals surface area contributed by atoms with Gasteiger partial charge in [0.25, 0.3) is 11.8 Å². The van der Waals surface area contributed by atoms with Gasteiger partial charge in [-0.2, -0.15) is 0 Å². The van der Waals surface area contributed by atoms with E-state index >= 15 is 0 Å². The van der Waals surface area contributed by atoms with E-state index in [2.05, 4.69) is 17.3 Å². The molecule has 1 fully saturated rings. The van der Waals surface area contributed by atoms with Crippen molar-refractivity contribution in [2.75, 3.05) is 70.8 Å². The molecule has 3 N–H and O–H groups in total. The first-order valence-corrected chi connectivity index (χ1v) is 17.0. The minimum absolute atomic E-state index is 0.149. The molecule has 1 saturated heterocycles. The Morgan fingerprint density at radius 3 is 2.43 bits per heavy atom. The maximum atomic E-state index is 13.7. The van der Waals surface area contributed by atoms with Crippen LogP contribution in [0.2, 0.25) is 0 Å². The minimum Gasteiger partial charge on any atom is -0.495 e. The second kappa shape index (κ2) is 18.2. The van der Waals surface area contributed by atoms with Gasteiger partial charge in [-0.05, 0) is 101 Å². The molecule has 1 aliphatic heterocycles. The first-order chi connectivity index (χ1) is 23.6. The topological polar surface area (TPSA) is 127 Å². The van der Waals surface area contributed by atoms with E-state index in [-0.39, 0.29) is 23.8 Å². The molecule has 0 saturated carbocycles. The van der Waals surface area contributed by atoms with Gasteiger partial charge in [0.05, 0.1) is 36.8 Å². The number of ether oxygens (including phenoxy) is 3. The van der Waals surface area contributed by atoms with E-state index in [9.17, 15) is 14.4 Å². The summed E-state index contributed by atoms with van der Waals surface area (Å²) in [5, 5.41) is 2.89. The molecule has 0 aromatic heterocycles. The van der Waals surface area contributed by atoms with Crippen LogP contribution in [-0.2, 0) is 4.79 Å². The second-order valence-electron chi connectivity index (χ2n) is 12.5. The van der Waals surface area contributed by atoms with Crippen LogP contribution in [0.1, 0.15) is 65.3 Å². The van der Waals surface area contributed by atoms with E-state index in [1.807, 2.05) is 43.0 Å². The Morgan fingerprint density at radius 2 is 1.69 bits per heavy atom. The number of rotatable bonds is 16. The predicted octanol–water partition coefficient (Wildman–Crippen LogP) is 5.36. The molecule has 11 heteroatoms. The van der Waals surface area contributed by atoms with Gasteiger partial charge in [0.1, 0.15) is 17.2 Å². The highest BCUT2D eigenvalue weighted by Crippen LogP contribution is 2.32. The van der Waals surface area contributed by atoms with Crippen LogP contribution in [0.3, 0.4) is 0 Å². The number of amides is 3. The lowest BCUT2D eigenvalue weighted by Crippen LogP contribution is -2.47. The fourth-order valence-corrected chi connectivity index (χ4v) is 5.65. The van der Waals surface area contributed by atoms with Gasteiger partial charge < -0.3 is 40.0 Å². The summed E-state index contributed by atoms with van der Waals surface area (Å²) < 4.78 is 17.7. The summed E-state index contributed by atoms with van der Waals surface area (Å²) in [6.45, 7) is 8.29. The highest BCUT2D eigenvalue weighted by Gasteiger charge is 2.22. The van der Waals surface area contributed by atoms with E-state index in [1.54, 1.807) is 48.3 Å². The Balaban J connectivity index is 1.36. The van der Waals surface area contributed by atoms with Crippen LogP contribution in [0.5, 0.6) is 17.2 Å². The van der Waals surface area contributed by atoms with Crippen LogP contribution < -0.4 is 30.2 Å². The number of likely N-dealkylation sites (N-methyl/N-ethyl adjacent to an activating group) is 1. The molecule has 3 amide bonds. The quantitative estimate of drug-likeness (QED) is 0.195. The van der Waals surface area contributed by atoms with Crippen molar-refractivity contribution in [3.63, 3.8) is 0 Å². The Hall–Kier alpha value is -4.61. The molecule has 0 bridgehead atoms. The first-order valence-electron chi connectivity index (χ1n) is 17.0. The minimum atomic E-state index is -0.367. The van der Waals surface area contributed by atoms with E-state index in [1.165, 1.54) is 7.11 Å². The summed E-state index contributed by atoms with van der Waals surface area (Å²) in [7, 11) is 5.27. The van der Waals surface area contributed by atoms with Gasteiger partial charge in [0, 0.05) is 45.2 Å². The summed E-state index contributed by atoms with van der Waals surface area (Å²) >= 11 is 0. The number of carbonyl (C=O) groups excluding carboxylic acids is 3. The van der Waals surface area contributed by atoms with E-state index in [0.29, 0.717) is 65.7 Å². The molecular weight excluding hydrogens is 622 g/mol. The molecule has 4 rings (SSSR count). The number of anilines is 2.